The predicted molar refractivity (Wildman–Crippen MR) is 129 cm³/mol. The lowest BCUT2D eigenvalue weighted by Gasteiger charge is -2.19. The highest BCUT2D eigenvalue weighted by molar-refractivity contribution is 5.96. The highest BCUT2D eigenvalue weighted by Gasteiger charge is 2.27. The van der Waals surface area contributed by atoms with Gasteiger partial charge in [-0.2, -0.15) is 5.26 Å². The molecule has 0 radical (unpaired) electrons. The zero-order valence-electron chi connectivity index (χ0n) is 19.5. The molecule has 3 unspecified atom stereocenters. The molecular weight excluding hydrogens is 428 g/mol. The summed E-state index contributed by atoms with van der Waals surface area (Å²) in [5, 5.41) is 26.0. The van der Waals surface area contributed by atoms with E-state index in [-0.39, 0.29) is 11.9 Å². The van der Waals surface area contributed by atoms with Gasteiger partial charge in [0.05, 0.1) is 17.7 Å². The molecule has 1 saturated heterocycles. The first kappa shape index (κ1) is 23.4. The maximum Gasteiger partial charge on any atom is 0.251 e. The van der Waals surface area contributed by atoms with Crippen molar-refractivity contribution in [3.05, 3.63) is 82.7 Å². The Labute approximate surface area is 199 Å². The first-order chi connectivity index (χ1) is 16.3. The van der Waals surface area contributed by atoms with E-state index in [0.29, 0.717) is 41.1 Å². The number of carbonyl (C=O) groups is 1. The van der Waals surface area contributed by atoms with Crippen LogP contribution < -0.4 is 15.4 Å². The largest absolute Gasteiger partial charge is 0.486 e. The molecule has 4 rings (SSSR count). The Morgan fingerprint density at radius 3 is 2.71 bits per heavy atom. The van der Waals surface area contributed by atoms with Gasteiger partial charge in [0.25, 0.3) is 5.91 Å². The molecule has 1 fully saturated rings. The highest BCUT2D eigenvalue weighted by atomic mass is 16.5. The summed E-state index contributed by atoms with van der Waals surface area (Å²) in [5.41, 5.74) is 5.13. The van der Waals surface area contributed by atoms with Gasteiger partial charge in [0, 0.05) is 30.5 Å². The molecule has 1 aromatic heterocycles. The van der Waals surface area contributed by atoms with Crippen LogP contribution in [-0.2, 0) is 0 Å². The second-order valence-electron chi connectivity index (χ2n) is 8.72. The Morgan fingerprint density at radius 2 is 2.03 bits per heavy atom. The summed E-state index contributed by atoms with van der Waals surface area (Å²) in [4.78, 5) is 17.5. The van der Waals surface area contributed by atoms with E-state index in [4.69, 9.17) is 4.74 Å². The number of aliphatic hydroxyl groups excluding tert-OH is 1. The van der Waals surface area contributed by atoms with Crippen molar-refractivity contribution in [1.82, 2.24) is 15.6 Å². The van der Waals surface area contributed by atoms with E-state index >= 15 is 0 Å². The molecule has 0 saturated carbocycles. The van der Waals surface area contributed by atoms with E-state index < -0.39 is 12.2 Å². The van der Waals surface area contributed by atoms with Gasteiger partial charge in [0.15, 0.2) is 0 Å². The number of aliphatic hydroxyl groups is 1. The van der Waals surface area contributed by atoms with Crippen LogP contribution in [0.1, 0.15) is 45.7 Å². The van der Waals surface area contributed by atoms with Crippen LogP contribution in [0.4, 0.5) is 0 Å². The summed E-state index contributed by atoms with van der Waals surface area (Å²) in [6.45, 7) is 6.71. The topological polar surface area (TPSA) is 107 Å². The van der Waals surface area contributed by atoms with E-state index in [1.54, 1.807) is 24.4 Å². The average molecular weight is 457 g/mol. The van der Waals surface area contributed by atoms with Crippen LogP contribution >= 0.6 is 0 Å². The molecule has 0 aliphatic carbocycles. The summed E-state index contributed by atoms with van der Waals surface area (Å²) in [6, 6.07) is 16.7. The van der Waals surface area contributed by atoms with Gasteiger partial charge in [-0.05, 0) is 73.4 Å². The number of nitrogens with one attached hydrogen (secondary N) is 2. The number of nitriles is 1. The monoisotopic (exact) mass is 456 g/mol. The SMILES string of the molecule is Cc1ccc(-c2cc(OC3CNCC3O)cc(C(=O)NC(C)c3ccc(C)nc3)c2)c(C#N)c1. The summed E-state index contributed by atoms with van der Waals surface area (Å²) in [6.07, 6.45) is 0.701. The molecule has 7 nitrogen and oxygen atoms in total. The first-order valence-corrected chi connectivity index (χ1v) is 11.3. The van der Waals surface area contributed by atoms with Gasteiger partial charge < -0.3 is 20.5 Å². The molecule has 174 valence electrons. The fourth-order valence-corrected chi connectivity index (χ4v) is 3.99. The van der Waals surface area contributed by atoms with Crippen LogP contribution in [0.15, 0.2) is 54.7 Å². The Hall–Kier alpha value is -3.73. The molecule has 2 aromatic carbocycles. The summed E-state index contributed by atoms with van der Waals surface area (Å²) in [5.74, 6) is 0.194. The number of aryl methyl sites for hydroxylation is 2. The zero-order valence-corrected chi connectivity index (χ0v) is 19.5. The molecule has 1 aliphatic rings. The number of hydrogen-bond acceptors (Lipinski definition) is 6. The maximum atomic E-state index is 13.2. The molecule has 1 aliphatic heterocycles. The van der Waals surface area contributed by atoms with Crippen LogP contribution in [0.2, 0.25) is 0 Å². The van der Waals surface area contributed by atoms with Crippen molar-refractivity contribution < 1.29 is 14.6 Å². The number of β-amino-alcohol motifs (C(OH)–C–C–N with tert-alkyl or cyclic N) is 1. The Morgan fingerprint density at radius 1 is 1.21 bits per heavy atom. The number of pyridine rings is 1. The van der Waals surface area contributed by atoms with Crippen molar-refractivity contribution in [1.29, 1.82) is 5.26 Å². The lowest BCUT2D eigenvalue weighted by atomic mass is 9.96. The number of carbonyl (C=O) groups excluding carboxylic acids is 1. The molecule has 2 heterocycles. The Bertz CT molecular complexity index is 1230. The summed E-state index contributed by atoms with van der Waals surface area (Å²) >= 11 is 0. The fourth-order valence-electron chi connectivity index (χ4n) is 3.99. The van der Waals surface area contributed by atoms with Gasteiger partial charge >= 0.3 is 0 Å². The molecule has 1 amide bonds. The first-order valence-electron chi connectivity index (χ1n) is 11.3. The third-order valence-corrected chi connectivity index (χ3v) is 5.97. The van der Waals surface area contributed by atoms with Crippen molar-refractivity contribution in [2.75, 3.05) is 13.1 Å². The predicted octanol–water partition coefficient (Wildman–Crippen LogP) is 3.44. The van der Waals surface area contributed by atoms with Crippen LogP contribution in [-0.4, -0.2) is 41.3 Å². The van der Waals surface area contributed by atoms with Crippen LogP contribution in [0.5, 0.6) is 5.75 Å². The van der Waals surface area contributed by atoms with E-state index in [0.717, 1.165) is 16.8 Å². The van der Waals surface area contributed by atoms with Crippen LogP contribution in [0.25, 0.3) is 11.1 Å². The molecule has 34 heavy (non-hydrogen) atoms. The lowest BCUT2D eigenvalue weighted by molar-refractivity contribution is 0.0736. The standard InChI is InChI=1S/C27H28N4O3/c1-16-4-7-24(22(8-16)12-28)20-9-21(11-23(10-20)34-26-15-29-14-25(26)32)27(33)31-18(3)19-6-5-17(2)30-13-19/h4-11,13,18,25-26,29,32H,14-15H2,1-3H3,(H,31,33). The van der Waals surface area contributed by atoms with Gasteiger partial charge in [-0.25, -0.2) is 0 Å². The number of benzene rings is 2. The zero-order chi connectivity index (χ0) is 24.2. The Kier molecular flexibility index (Phi) is 6.92. The second-order valence-corrected chi connectivity index (χ2v) is 8.72. The van der Waals surface area contributed by atoms with Gasteiger partial charge in [-0.3, -0.25) is 9.78 Å². The van der Waals surface area contributed by atoms with E-state index in [9.17, 15) is 15.2 Å². The average Bonchev–Trinajstić information content (AvgIpc) is 3.23. The van der Waals surface area contributed by atoms with Crippen molar-refractivity contribution >= 4 is 5.91 Å². The minimum Gasteiger partial charge on any atom is -0.486 e. The third-order valence-electron chi connectivity index (χ3n) is 5.97. The van der Waals surface area contributed by atoms with Gasteiger partial charge in [0.1, 0.15) is 18.0 Å². The minimum absolute atomic E-state index is 0.247. The smallest absolute Gasteiger partial charge is 0.251 e. The van der Waals surface area contributed by atoms with Crippen molar-refractivity contribution in [3.8, 4) is 22.9 Å². The summed E-state index contributed by atoms with van der Waals surface area (Å²) < 4.78 is 6.06. The van der Waals surface area contributed by atoms with E-state index in [1.165, 1.54) is 0 Å². The number of aromatic nitrogens is 1. The molecule has 0 bridgehead atoms. The van der Waals surface area contributed by atoms with Gasteiger partial charge in [0.2, 0.25) is 0 Å². The fraction of sp³-hybridized carbons (Fsp3) is 0.296. The number of rotatable bonds is 6. The number of amides is 1. The molecule has 3 atom stereocenters. The normalized spacial score (nSPS) is 18.2. The third kappa shape index (κ3) is 5.25. The summed E-state index contributed by atoms with van der Waals surface area (Å²) in [7, 11) is 0. The number of hydrogen-bond donors (Lipinski definition) is 3. The molecule has 3 aromatic rings. The van der Waals surface area contributed by atoms with E-state index in [2.05, 4.69) is 21.7 Å². The van der Waals surface area contributed by atoms with Gasteiger partial charge in [-0.15, -0.1) is 0 Å². The van der Waals surface area contributed by atoms with Gasteiger partial charge in [-0.1, -0.05) is 18.2 Å². The molecule has 3 N–H and O–H groups in total. The molecule has 0 spiro atoms. The lowest BCUT2D eigenvalue weighted by Crippen LogP contribution is -2.30. The molecular formula is C27H28N4O3. The minimum atomic E-state index is -0.635. The quantitative estimate of drug-likeness (QED) is 0.525. The number of ether oxygens (including phenoxy) is 1. The van der Waals surface area contributed by atoms with Crippen LogP contribution in [0, 0.1) is 25.2 Å². The highest BCUT2D eigenvalue weighted by Crippen LogP contribution is 2.30. The second kappa shape index (κ2) is 10.0. The number of nitrogens with zero attached hydrogens (tertiary/aromatic N) is 2. The van der Waals surface area contributed by atoms with E-state index in [1.807, 2.05) is 51.1 Å². The van der Waals surface area contributed by atoms with Crippen molar-refractivity contribution in [3.63, 3.8) is 0 Å². The molecule has 7 heteroatoms. The van der Waals surface area contributed by atoms with Crippen LogP contribution in [0.3, 0.4) is 0 Å². The Balaban J connectivity index is 1.68. The van der Waals surface area contributed by atoms with Crippen molar-refractivity contribution in [2.24, 2.45) is 0 Å². The van der Waals surface area contributed by atoms with Crippen molar-refractivity contribution in [2.45, 2.75) is 39.0 Å². The maximum absolute atomic E-state index is 13.2.